The number of para-hydroxylation sites is 5. The van der Waals surface area contributed by atoms with E-state index in [9.17, 15) is 0 Å². The molecular weight excluding hydrogens is 2930 g/mol. The van der Waals surface area contributed by atoms with Crippen molar-refractivity contribution in [1.29, 1.82) is 0 Å². The van der Waals surface area contributed by atoms with Crippen LogP contribution in [0.25, 0.3) is 0 Å². The van der Waals surface area contributed by atoms with Gasteiger partial charge in [-0.05, 0) is 139 Å². The molecule has 6 radical (unpaired) electrons. The van der Waals surface area contributed by atoms with Gasteiger partial charge in [0.1, 0.15) is 49.2 Å². The number of nitrogens with zero attached hydrogens (tertiary/aromatic N) is 24. The molecule has 12 heterocycles. The van der Waals surface area contributed by atoms with Gasteiger partial charge in [0.2, 0.25) is 41.9 Å². The second kappa shape index (κ2) is 65.6. The summed E-state index contributed by atoms with van der Waals surface area (Å²) in [5.74, 6) is 6.61. The molecule has 0 unspecified atom stereocenters. The van der Waals surface area contributed by atoms with Gasteiger partial charge >= 0.3 is 34.9 Å². The van der Waals surface area contributed by atoms with Gasteiger partial charge < -0.3 is 112 Å². The summed E-state index contributed by atoms with van der Waals surface area (Å²) in [4.78, 5) is 27.3. The molecule has 770 valence electrons. The smallest absolute Gasteiger partial charge is 0.319 e. The van der Waals surface area contributed by atoms with Crippen molar-refractivity contribution < 1.29 is 126 Å². The molecule has 0 aliphatic carbocycles. The van der Waals surface area contributed by atoms with Crippen LogP contribution in [0.3, 0.4) is 0 Å². The Bertz CT molecular complexity index is 5020. The molecule has 6 saturated heterocycles. The molecule has 5 aromatic carbocycles. The Hall–Kier alpha value is -4.49. The fourth-order valence-electron chi connectivity index (χ4n) is 19.8. The van der Waals surface area contributed by atoms with Gasteiger partial charge in [0, 0.05) is 155 Å². The predicted octanol–water partition coefficient (Wildman–Crippen LogP) is 15.0. The van der Waals surface area contributed by atoms with Crippen molar-refractivity contribution in [2.45, 2.75) is 226 Å². The maximum absolute atomic E-state index is 4.58. The topological polar surface area (TPSA) is 143 Å². The molecule has 24 nitrogen and oxygen atoms in total. The second-order valence-electron chi connectivity index (χ2n) is 37.0. The van der Waals surface area contributed by atoms with Crippen molar-refractivity contribution in [3.8, 4) is 0 Å². The first-order valence-electron chi connectivity index (χ1n) is 50.8. The van der Waals surface area contributed by atoms with Crippen molar-refractivity contribution in [2.24, 2.45) is 0 Å². The largest absolute Gasteiger partial charge is 0.477 e. The summed E-state index contributed by atoms with van der Waals surface area (Å²) in [6.45, 7) is 54.4. The summed E-state index contributed by atoms with van der Waals surface area (Å²) < 4.78 is 45.6. The molecule has 11 aromatic rings. The van der Waals surface area contributed by atoms with Gasteiger partial charge in [-0.3, -0.25) is 0 Å². The van der Waals surface area contributed by atoms with Crippen LogP contribution in [0, 0.1) is 0 Å². The average molecular weight is 3080 g/mol. The Balaban J connectivity index is 0.000000259. The van der Waals surface area contributed by atoms with E-state index in [1.54, 1.807) is 0 Å². The Morgan fingerprint density at radius 1 is 0.211 bits per heavy atom. The Morgan fingerprint density at radius 3 is 0.641 bits per heavy atom. The van der Waals surface area contributed by atoms with Gasteiger partial charge in [-0.2, -0.15) is 0 Å². The quantitative estimate of drug-likeness (QED) is 0.0300. The van der Waals surface area contributed by atoms with Crippen LogP contribution in [-0.4, -0.2) is 221 Å². The molecule has 6 aliphatic rings. The molecule has 6 aliphatic heterocycles. The molecular formula is C94H148B12N24Pt6Si6-6. The van der Waals surface area contributed by atoms with Crippen LogP contribution in [0.15, 0.2) is 262 Å². The van der Waals surface area contributed by atoms with E-state index in [1.165, 1.54) is 118 Å². The van der Waals surface area contributed by atoms with Gasteiger partial charge in [0.25, 0.3) is 6.98 Å². The first-order valence-corrected chi connectivity index (χ1v) is 57.0. The summed E-state index contributed by atoms with van der Waals surface area (Å²) in [7, 11) is 2.23. The number of hydrogen-bond acceptors (Lipinski definition) is 18. The summed E-state index contributed by atoms with van der Waals surface area (Å²) in [5, 5.41) is 0. The third kappa shape index (κ3) is 33.8. The van der Waals surface area contributed by atoms with E-state index in [1.807, 2.05) is 73.6 Å². The number of unbranched alkanes of at least 4 members (excludes halogenated alkanes) is 9. The SMILES string of the molecule is CB1N(c2ccccc2)[SiH]N(c2ccc[n-]2)B(C)N1C(C)C.CCCCCCN1B(C)N(C)[SiH]N(c2ccc[n-]2)B1C.CCCCCCN1B(C)N(c2ccccc2)[SiH]N(c2ccc[n-]2)B1C.CCCCCN1B(C)N(c2ccccc2)[SiH]N(c2ccc[n-]2)B1C.CCCCN1B(C)N(c2ccccc2)[SiH]N(c2ccc[n-]2)B1C.CCCN1B(C)N(c2ccccc2)[SiH]N(c2ccc[n-]2)B1C.[Pt].[Pt].[Pt].[Pt].[Pt].[Pt]. The molecule has 6 fully saturated rings. The third-order valence-corrected chi connectivity index (χ3v) is 39.1. The first-order chi connectivity index (χ1) is 66.1. The number of rotatable bonds is 31. The minimum atomic E-state index is -0.0347. The van der Waals surface area contributed by atoms with Gasteiger partial charge in [0.05, 0.1) is 9.84 Å². The van der Waals surface area contributed by atoms with Crippen molar-refractivity contribution in [1.82, 2.24) is 62.7 Å². The maximum atomic E-state index is 4.58. The Kier molecular flexibility index (Phi) is 58.3. The van der Waals surface area contributed by atoms with Crippen molar-refractivity contribution in [2.75, 3.05) is 89.0 Å². The summed E-state index contributed by atoms with van der Waals surface area (Å²) >= 11 is 0. The molecule has 48 heteroatoms. The molecule has 6 aromatic heterocycles. The molecule has 0 spiro atoms. The van der Waals surface area contributed by atoms with E-state index in [4.69, 9.17) is 0 Å². The number of aromatic nitrogens is 6. The fourth-order valence-corrected chi connectivity index (χ4v) is 29.0. The summed E-state index contributed by atoms with van der Waals surface area (Å²) in [6.07, 6.45) is 29.3. The minimum absolute atomic E-state index is 0. The predicted molar refractivity (Wildman–Crippen MR) is 612 cm³/mol. The van der Waals surface area contributed by atoms with Crippen LogP contribution >= 0.6 is 0 Å². The van der Waals surface area contributed by atoms with Crippen LogP contribution in [0.5, 0.6) is 0 Å². The monoisotopic (exact) mass is 3080 g/mol. The number of anilines is 11. The normalized spacial score (nSPS) is 15.9. The number of benzene rings is 5. The standard InChI is InChI=1S/C18H28B2N4Si.C17H26B2N4Si.C16H24B2N4Si.2C15H22B2N4Si.C13H26B2N4Si.6Pt/c1-4-5-6-10-16-22-19(2)23(17-12-8-7-9-13-17)25-24(20(22)3)18-14-11-15-21-18;1-4-5-9-15-21-18(2)22(16-11-7-6-8-12-16)24-23(19(21)3)17-13-10-14-20-17;1-4-5-14-20-17(2)21(15-10-7-6-8-11-15)23-22(18(20)3)16-12-9-13-19-16;1-13(2)19-16(3)20(14-9-6-5-7-10-14)22-21(17(19)4)15-11-8-12-18-15;1-4-13-19-16(2)20(14-9-6-5-7-10-14)22-21(17(19)3)15-11-8-12-18-15;1-5-6-7-8-12-18-14(2)17(4)20-19(15(18)3)13-10-9-11-16-13;;;;;;/h7-9,11-15,25H,4-6,10,16H2,1-3H3;6-8,10-14,24H,4-5,9,15H2,1-3H3;6-13,23H,4-5,14H2,1-3H3;5-13,22H,1-4H3;5-12,22H,4,13H2,1-3H3;9-11,20H,5-8,12H2,1-4H3;;;;;;/q6*-1;;;;;;. The first kappa shape index (κ1) is 126. The van der Waals surface area contributed by atoms with Crippen molar-refractivity contribution >= 4 is 206 Å². The van der Waals surface area contributed by atoms with E-state index >= 15 is 0 Å². The summed E-state index contributed by atoms with van der Waals surface area (Å²) in [5.41, 5.74) is 6.52. The summed E-state index contributed by atoms with van der Waals surface area (Å²) in [6, 6.07) is 79.2. The van der Waals surface area contributed by atoms with E-state index < -0.39 is 0 Å². The van der Waals surface area contributed by atoms with E-state index in [-0.39, 0.29) is 185 Å². The molecule has 0 atom stereocenters. The zero-order valence-corrected chi connectivity index (χ0v) is 108. The van der Waals surface area contributed by atoms with Gasteiger partial charge in [-0.15, -0.1) is 0 Å². The molecule has 0 saturated carbocycles. The van der Waals surface area contributed by atoms with Gasteiger partial charge in [0.15, 0.2) is 0 Å². The fraction of sp³-hybridized carbons (Fsp3) is 0.426. The van der Waals surface area contributed by atoms with Gasteiger partial charge in [-0.25, -0.2) is 0 Å². The minimum Gasteiger partial charge on any atom is -0.477 e. The van der Waals surface area contributed by atoms with E-state index in [0.717, 1.165) is 67.5 Å². The molecule has 0 N–H and O–H groups in total. The molecule has 0 bridgehead atoms. The Labute approximate surface area is 962 Å². The van der Waals surface area contributed by atoms with Gasteiger partial charge in [-0.1, -0.05) is 424 Å². The average Bonchev–Trinajstić information content (AvgIpc) is 1.45. The van der Waals surface area contributed by atoms with Crippen LogP contribution in [-0.2, 0) is 126 Å². The molecule has 17 rings (SSSR count). The maximum Gasteiger partial charge on any atom is 0.319 e. The van der Waals surface area contributed by atoms with E-state index in [2.05, 4.69) is 437 Å². The van der Waals surface area contributed by atoms with E-state index in [0.29, 0.717) is 89.8 Å². The van der Waals surface area contributed by atoms with Crippen LogP contribution in [0.2, 0.25) is 81.9 Å². The van der Waals surface area contributed by atoms with Crippen molar-refractivity contribution in [3.05, 3.63) is 262 Å². The molecule has 0 amide bonds. The van der Waals surface area contributed by atoms with Crippen LogP contribution in [0.4, 0.5) is 63.3 Å². The Morgan fingerprint density at radius 2 is 0.408 bits per heavy atom. The molecule has 142 heavy (non-hydrogen) atoms. The second-order valence-corrected chi connectivity index (χ2v) is 45.3. The number of hydrogen-bond donors (Lipinski definition) is 0. The van der Waals surface area contributed by atoms with Crippen LogP contribution < -0.4 is 79.1 Å². The van der Waals surface area contributed by atoms with Crippen LogP contribution in [0.1, 0.15) is 138 Å². The zero-order valence-electron chi connectivity index (χ0n) is 87.4. The third-order valence-electron chi connectivity index (χ3n) is 27.7. The van der Waals surface area contributed by atoms with Crippen molar-refractivity contribution in [3.63, 3.8) is 0 Å². The zero-order chi connectivity index (χ0) is 96.6.